The van der Waals surface area contributed by atoms with E-state index in [0.717, 1.165) is 22.5 Å². The molecule has 1 N–H and O–H groups in total. The van der Waals surface area contributed by atoms with Crippen molar-refractivity contribution in [1.29, 1.82) is 0 Å². The number of carbonyl (C=O) groups excluding carboxylic acids is 1. The summed E-state index contributed by atoms with van der Waals surface area (Å²) < 4.78 is 6.93. The Labute approximate surface area is 169 Å². The molecule has 0 aliphatic heterocycles. The number of thiazole rings is 1. The van der Waals surface area contributed by atoms with Gasteiger partial charge in [0.1, 0.15) is 17.1 Å². The fourth-order valence-electron chi connectivity index (χ4n) is 2.55. The van der Waals surface area contributed by atoms with Gasteiger partial charge in [0.05, 0.1) is 35.8 Å². The van der Waals surface area contributed by atoms with Crippen LogP contribution in [0.5, 0.6) is 5.75 Å². The molecule has 142 valence electrons. The molecular formula is C18H16N6O2S2. The Bertz CT molecular complexity index is 1120. The zero-order chi connectivity index (χ0) is 19.5. The highest BCUT2D eigenvalue weighted by Crippen LogP contribution is 2.26. The predicted molar refractivity (Wildman–Crippen MR) is 109 cm³/mol. The van der Waals surface area contributed by atoms with Gasteiger partial charge in [-0.2, -0.15) is 5.10 Å². The molecule has 0 fully saturated rings. The SMILES string of the molecule is COc1ccc(-n2ncc3c(SCC(=O)Nc4nc(C)cs4)ncnc32)cc1. The Morgan fingerprint density at radius 2 is 2.11 bits per heavy atom. The van der Waals surface area contributed by atoms with Gasteiger partial charge in [-0.15, -0.1) is 11.3 Å². The molecule has 0 spiro atoms. The number of benzene rings is 1. The lowest BCUT2D eigenvalue weighted by Gasteiger charge is -2.05. The number of amides is 1. The quantitative estimate of drug-likeness (QED) is 0.383. The van der Waals surface area contributed by atoms with Gasteiger partial charge in [0, 0.05) is 5.38 Å². The molecule has 3 heterocycles. The van der Waals surface area contributed by atoms with Crippen LogP contribution < -0.4 is 10.1 Å². The van der Waals surface area contributed by atoms with E-state index in [1.54, 1.807) is 18.0 Å². The molecule has 0 saturated heterocycles. The molecule has 0 saturated carbocycles. The summed E-state index contributed by atoms with van der Waals surface area (Å²) in [5.41, 5.74) is 2.43. The first-order valence-corrected chi connectivity index (χ1v) is 10.2. The van der Waals surface area contributed by atoms with Crippen LogP contribution in [-0.4, -0.2) is 43.5 Å². The molecule has 10 heteroatoms. The molecule has 28 heavy (non-hydrogen) atoms. The number of rotatable bonds is 6. The number of carbonyl (C=O) groups is 1. The molecular weight excluding hydrogens is 396 g/mol. The lowest BCUT2D eigenvalue weighted by atomic mass is 10.3. The summed E-state index contributed by atoms with van der Waals surface area (Å²) >= 11 is 2.74. The van der Waals surface area contributed by atoms with Gasteiger partial charge >= 0.3 is 0 Å². The van der Waals surface area contributed by atoms with Crippen LogP contribution in [0.25, 0.3) is 16.7 Å². The Balaban J connectivity index is 1.52. The minimum atomic E-state index is -0.131. The van der Waals surface area contributed by atoms with Crippen LogP contribution in [0.3, 0.4) is 0 Å². The second-order valence-electron chi connectivity index (χ2n) is 5.80. The Kier molecular flexibility index (Phi) is 5.22. The van der Waals surface area contributed by atoms with E-state index < -0.39 is 0 Å². The first-order chi connectivity index (χ1) is 13.6. The number of nitrogens with one attached hydrogen (secondary N) is 1. The Hall–Kier alpha value is -2.98. The van der Waals surface area contributed by atoms with E-state index in [0.29, 0.717) is 15.8 Å². The molecule has 0 aliphatic carbocycles. The number of hydrogen-bond acceptors (Lipinski definition) is 8. The Morgan fingerprint density at radius 1 is 1.29 bits per heavy atom. The van der Waals surface area contributed by atoms with E-state index in [1.165, 1.54) is 29.4 Å². The van der Waals surface area contributed by atoms with Crippen molar-refractivity contribution >= 4 is 45.2 Å². The minimum Gasteiger partial charge on any atom is -0.497 e. The van der Waals surface area contributed by atoms with Crippen molar-refractivity contribution in [1.82, 2.24) is 24.7 Å². The van der Waals surface area contributed by atoms with Gasteiger partial charge in [0.25, 0.3) is 0 Å². The van der Waals surface area contributed by atoms with E-state index in [1.807, 2.05) is 36.6 Å². The van der Waals surface area contributed by atoms with Crippen molar-refractivity contribution in [3.05, 3.63) is 47.9 Å². The number of anilines is 1. The van der Waals surface area contributed by atoms with Crippen molar-refractivity contribution in [2.45, 2.75) is 11.9 Å². The van der Waals surface area contributed by atoms with Crippen LogP contribution in [-0.2, 0) is 4.79 Å². The monoisotopic (exact) mass is 412 g/mol. The highest BCUT2D eigenvalue weighted by atomic mass is 32.2. The molecule has 0 aliphatic rings. The molecule has 4 aromatic rings. The summed E-state index contributed by atoms with van der Waals surface area (Å²) in [5.74, 6) is 0.861. The lowest BCUT2D eigenvalue weighted by Crippen LogP contribution is -2.14. The number of aryl methyl sites for hydroxylation is 1. The smallest absolute Gasteiger partial charge is 0.236 e. The van der Waals surface area contributed by atoms with E-state index in [9.17, 15) is 4.79 Å². The van der Waals surface area contributed by atoms with Crippen LogP contribution in [0.15, 0.2) is 47.2 Å². The fraction of sp³-hybridized carbons (Fsp3) is 0.167. The summed E-state index contributed by atoms with van der Waals surface area (Å²) in [4.78, 5) is 25.1. The third kappa shape index (κ3) is 3.82. The van der Waals surface area contributed by atoms with Gasteiger partial charge in [0.2, 0.25) is 5.91 Å². The highest BCUT2D eigenvalue weighted by molar-refractivity contribution is 8.00. The van der Waals surface area contributed by atoms with E-state index in [-0.39, 0.29) is 11.7 Å². The molecule has 0 radical (unpaired) electrons. The summed E-state index contributed by atoms with van der Waals surface area (Å²) in [6, 6.07) is 7.54. The topological polar surface area (TPSA) is 94.8 Å². The van der Waals surface area contributed by atoms with Crippen molar-refractivity contribution in [3.63, 3.8) is 0 Å². The zero-order valence-corrected chi connectivity index (χ0v) is 16.8. The molecule has 0 unspecified atom stereocenters. The molecule has 4 rings (SSSR count). The summed E-state index contributed by atoms with van der Waals surface area (Å²) in [6.07, 6.45) is 3.19. The maximum absolute atomic E-state index is 12.2. The number of nitrogens with zero attached hydrogens (tertiary/aromatic N) is 5. The predicted octanol–water partition coefficient (Wildman–Crippen LogP) is 3.32. The van der Waals surface area contributed by atoms with Gasteiger partial charge in [-0.3, -0.25) is 4.79 Å². The van der Waals surface area contributed by atoms with Crippen LogP contribution in [0.4, 0.5) is 5.13 Å². The lowest BCUT2D eigenvalue weighted by molar-refractivity contribution is -0.113. The summed E-state index contributed by atoms with van der Waals surface area (Å²) in [6.45, 7) is 1.89. The normalized spacial score (nSPS) is 10.9. The summed E-state index contributed by atoms with van der Waals surface area (Å²) in [5, 5.41) is 11.2. The number of fused-ring (bicyclic) bond motifs is 1. The highest BCUT2D eigenvalue weighted by Gasteiger charge is 2.13. The maximum Gasteiger partial charge on any atom is 0.236 e. The van der Waals surface area contributed by atoms with Crippen molar-refractivity contribution in [3.8, 4) is 11.4 Å². The van der Waals surface area contributed by atoms with Crippen LogP contribution in [0.2, 0.25) is 0 Å². The fourth-order valence-corrected chi connectivity index (χ4v) is 4.02. The third-order valence-electron chi connectivity index (χ3n) is 3.85. The first kappa shape index (κ1) is 18.4. The van der Waals surface area contributed by atoms with Crippen molar-refractivity contribution in [2.75, 3.05) is 18.2 Å². The number of aromatic nitrogens is 5. The van der Waals surface area contributed by atoms with Crippen LogP contribution in [0.1, 0.15) is 5.69 Å². The largest absolute Gasteiger partial charge is 0.497 e. The molecule has 3 aromatic heterocycles. The standard InChI is InChI=1S/C18H16N6O2S2/c1-11-8-28-18(22-11)23-15(25)9-27-17-14-7-21-24(16(14)19-10-20-17)12-3-5-13(26-2)6-4-12/h3-8,10H,9H2,1-2H3,(H,22,23,25). The van der Waals surface area contributed by atoms with Gasteiger partial charge in [-0.1, -0.05) is 11.8 Å². The maximum atomic E-state index is 12.2. The zero-order valence-electron chi connectivity index (χ0n) is 15.1. The average Bonchev–Trinajstić information content (AvgIpc) is 3.32. The number of hydrogen-bond donors (Lipinski definition) is 1. The Morgan fingerprint density at radius 3 is 2.82 bits per heavy atom. The minimum absolute atomic E-state index is 0.131. The second kappa shape index (κ2) is 7.95. The number of ether oxygens (including phenoxy) is 1. The van der Waals surface area contributed by atoms with E-state index >= 15 is 0 Å². The molecule has 0 atom stereocenters. The second-order valence-corrected chi connectivity index (χ2v) is 7.62. The van der Waals surface area contributed by atoms with Crippen molar-refractivity contribution < 1.29 is 9.53 Å². The van der Waals surface area contributed by atoms with Gasteiger partial charge < -0.3 is 10.1 Å². The van der Waals surface area contributed by atoms with E-state index in [2.05, 4.69) is 25.4 Å². The molecule has 0 bridgehead atoms. The molecule has 1 amide bonds. The van der Waals surface area contributed by atoms with Crippen molar-refractivity contribution in [2.24, 2.45) is 0 Å². The molecule has 8 nitrogen and oxygen atoms in total. The van der Waals surface area contributed by atoms with Crippen LogP contribution in [0, 0.1) is 6.92 Å². The molecule has 1 aromatic carbocycles. The van der Waals surface area contributed by atoms with Gasteiger partial charge in [0.15, 0.2) is 10.8 Å². The van der Waals surface area contributed by atoms with E-state index in [4.69, 9.17) is 4.74 Å². The average molecular weight is 413 g/mol. The summed E-state index contributed by atoms with van der Waals surface area (Å²) in [7, 11) is 1.63. The first-order valence-electron chi connectivity index (χ1n) is 8.32. The van der Waals surface area contributed by atoms with Gasteiger partial charge in [-0.05, 0) is 31.2 Å². The number of thioether (sulfide) groups is 1. The number of methoxy groups -OCH3 is 1. The third-order valence-corrected chi connectivity index (χ3v) is 5.73. The van der Waals surface area contributed by atoms with Crippen LogP contribution >= 0.6 is 23.1 Å². The van der Waals surface area contributed by atoms with Gasteiger partial charge in [-0.25, -0.2) is 19.6 Å².